The maximum Gasteiger partial charge on any atom is 0.191 e. The van der Waals surface area contributed by atoms with Crippen molar-refractivity contribution in [3.63, 3.8) is 0 Å². The van der Waals surface area contributed by atoms with E-state index in [-0.39, 0.29) is 29.8 Å². The van der Waals surface area contributed by atoms with Crippen LogP contribution in [0.3, 0.4) is 0 Å². The van der Waals surface area contributed by atoms with Crippen molar-refractivity contribution in [2.75, 3.05) is 19.6 Å². The Morgan fingerprint density at radius 3 is 2.63 bits per heavy atom. The van der Waals surface area contributed by atoms with Crippen LogP contribution < -0.4 is 10.6 Å². The zero-order chi connectivity index (χ0) is 20.5. The highest BCUT2D eigenvalue weighted by atomic mass is 127. The number of hydrogen-bond donors (Lipinski definition) is 2. The minimum atomic E-state index is -0.249. The van der Waals surface area contributed by atoms with Crippen LogP contribution in [0.1, 0.15) is 29.4 Å². The third kappa shape index (κ3) is 7.35. The lowest BCUT2D eigenvalue weighted by molar-refractivity contribution is 0.627. The van der Waals surface area contributed by atoms with Gasteiger partial charge in [0.05, 0.1) is 16.4 Å². The number of hydrogen-bond acceptors (Lipinski definition) is 4. The third-order valence-corrected chi connectivity index (χ3v) is 5.50. The molecule has 3 rings (SSSR count). The van der Waals surface area contributed by atoms with Gasteiger partial charge in [0.25, 0.3) is 0 Å². The fourth-order valence-electron chi connectivity index (χ4n) is 2.77. The summed E-state index contributed by atoms with van der Waals surface area (Å²) in [4.78, 5) is 10.4. The van der Waals surface area contributed by atoms with Crippen molar-refractivity contribution in [1.82, 2.24) is 25.4 Å². The van der Waals surface area contributed by atoms with Gasteiger partial charge in [0.2, 0.25) is 0 Å². The summed E-state index contributed by atoms with van der Waals surface area (Å²) in [7, 11) is 0. The van der Waals surface area contributed by atoms with E-state index in [1.165, 1.54) is 17.0 Å². The van der Waals surface area contributed by atoms with E-state index >= 15 is 0 Å². The number of nitrogens with one attached hydrogen (secondary N) is 2. The molecular formula is C21H28FIN6S. The molecule has 1 aromatic carbocycles. The van der Waals surface area contributed by atoms with Crippen LogP contribution in [0.25, 0.3) is 5.69 Å². The highest BCUT2D eigenvalue weighted by Crippen LogP contribution is 2.13. The fourth-order valence-corrected chi connectivity index (χ4v) is 3.62. The molecule has 0 bridgehead atoms. The van der Waals surface area contributed by atoms with Crippen LogP contribution in [0.5, 0.6) is 0 Å². The summed E-state index contributed by atoms with van der Waals surface area (Å²) in [5, 5.41) is 12.3. The molecule has 0 fully saturated rings. The van der Waals surface area contributed by atoms with Gasteiger partial charge in [-0.25, -0.2) is 14.1 Å². The highest BCUT2D eigenvalue weighted by Gasteiger charge is 2.04. The van der Waals surface area contributed by atoms with E-state index in [1.54, 1.807) is 28.2 Å². The second kappa shape index (κ2) is 12.6. The van der Waals surface area contributed by atoms with Crippen molar-refractivity contribution in [1.29, 1.82) is 0 Å². The Morgan fingerprint density at radius 1 is 1.13 bits per heavy atom. The zero-order valence-electron chi connectivity index (χ0n) is 17.3. The Balaban J connectivity index is 0.00000320. The fraction of sp³-hybridized carbons (Fsp3) is 0.381. The van der Waals surface area contributed by atoms with E-state index in [0.29, 0.717) is 6.54 Å². The maximum absolute atomic E-state index is 13.1. The Kier molecular flexibility index (Phi) is 10.2. The van der Waals surface area contributed by atoms with Gasteiger partial charge >= 0.3 is 0 Å². The monoisotopic (exact) mass is 542 g/mol. The summed E-state index contributed by atoms with van der Waals surface area (Å²) in [5.74, 6) is 0.555. The van der Waals surface area contributed by atoms with E-state index < -0.39 is 0 Å². The number of benzene rings is 1. The average Bonchev–Trinajstić information content (AvgIpc) is 3.38. The normalized spacial score (nSPS) is 11.2. The molecule has 0 amide bonds. The van der Waals surface area contributed by atoms with E-state index in [4.69, 9.17) is 0 Å². The Morgan fingerprint density at radius 2 is 1.93 bits per heavy atom. The smallest absolute Gasteiger partial charge is 0.191 e. The average molecular weight is 542 g/mol. The number of thiazole rings is 1. The molecule has 0 saturated heterocycles. The lowest BCUT2D eigenvalue weighted by Crippen LogP contribution is -2.38. The van der Waals surface area contributed by atoms with Crippen molar-refractivity contribution < 1.29 is 4.39 Å². The molecule has 0 spiro atoms. The predicted molar refractivity (Wildman–Crippen MR) is 132 cm³/mol. The molecule has 0 unspecified atom stereocenters. The molecule has 30 heavy (non-hydrogen) atoms. The highest BCUT2D eigenvalue weighted by molar-refractivity contribution is 14.0. The van der Waals surface area contributed by atoms with Crippen LogP contribution in [-0.2, 0) is 19.3 Å². The largest absolute Gasteiger partial charge is 0.357 e. The van der Waals surface area contributed by atoms with Gasteiger partial charge in [-0.2, -0.15) is 5.10 Å². The summed E-state index contributed by atoms with van der Waals surface area (Å²) < 4.78 is 14.8. The molecule has 2 N–H and O–H groups in total. The van der Waals surface area contributed by atoms with Gasteiger partial charge in [0.1, 0.15) is 5.82 Å². The van der Waals surface area contributed by atoms with Crippen molar-refractivity contribution in [2.45, 2.75) is 33.1 Å². The number of aliphatic imine (C=N–C) groups is 1. The summed E-state index contributed by atoms with van der Waals surface area (Å²) in [6.45, 7) is 6.43. The molecule has 6 nitrogen and oxygen atoms in total. The Hall–Kier alpha value is -2.01. The molecular weight excluding hydrogens is 514 g/mol. The maximum atomic E-state index is 13.1. The van der Waals surface area contributed by atoms with Crippen LogP contribution in [0.4, 0.5) is 4.39 Å². The van der Waals surface area contributed by atoms with Crippen molar-refractivity contribution in [3.8, 4) is 5.69 Å². The van der Waals surface area contributed by atoms with E-state index in [2.05, 4.69) is 39.6 Å². The second-order valence-electron chi connectivity index (χ2n) is 6.49. The number of nitrogens with zero attached hydrogens (tertiary/aromatic N) is 4. The minimum absolute atomic E-state index is 0. The number of guanidine groups is 1. The zero-order valence-corrected chi connectivity index (χ0v) is 20.4. The van der Waals surface area contributed by atoms with Crippen LogP contribution in [0.15, 0.2) is 47.7 Å². The quantitative estimate of drug-likeness (QED) is 0.244. The topological polar surface area (TPSA) is 67.1 Å². The minimum Gasteiger partial charge on any atom is -0.357 e. The number of rotatable bonds is 9. The van der Waals surface area contributed by atoms with Crippen molar-refractivity contribution >= 4 is 41.3 Å². The van der Waals surface area contributed by atoms with E-state index in [1.807, 2.05) is 18.5 Å². The number of halogens is 2. The summed E-state index contributed by atoms with van der Waals surface area (Å²) in [5.41, 5.74) is 1.81. The molecule has 0 aliphatic heterocycles. The van der Waals surface area contributed by atoms with E-state index in [9.17, 15) is 4.39 Å². The van der Waals surface area contributed by atoms with Gasteiger partial charge in [0.15, 0.2) is 5.96 Å². The standard InChI is InChI=1S/C21H27FN6S.HI/c1-3-19-15-26-20(29-19)10-13-25-21(23-4-2)24-12-9-17-11-14-28(27-17)18-7-5-16(22)6-8-18;/h5-8,11,14-15H,3-4,9-10,12-13H2,1-2H3,(H2,23,24,25);1H. The lowest BCUT2D eigenvalue weighted by atomic mass is 10.3. The van der Waals surface area contributed by atoms with Crippen LogP contribution in [0, 0.1) is 5.82 Å². The first kappa shape index (κ1) is 24.3. The second-order valence-corrected chi connectivity index (χ2v) is 7.69. The lowest BCUT2D eigenvalue weighted by Gasteiger charge is -2.10. The Labute approximate surface area is 198 Å². The van der Waals surface area contributed by atoms with Gasteiger partial charge < -0.3 is 10.6 Å². The van der Waals surface area contributed by atoms with Gasteiger partial charge in [-0.3, -0.25) is 4.99 Å². The first-order chi connectivity index (χ1) is 14.2. The first-order valence-corrected chi connectivity index (χ1v) is 10.8. The molecule has 0 atom stereocenters. The molecule has 0 radical (unpaired) electrons. The molecule has 0 aliphatic rings. The SMILES string of the molecule is CCNC(=NCCc1ncc(CC)s1)NCCc1ccn(-c2ccc(F)cc2)n1.I. The first-order valence-electron chi connectivity index (χ1n) is 9.94. The third-order valence-electron chi connectivity index (χ3n) is 4.30. The number of aromatic nitrogens is 3. The van der Waals surface area contributed by atoms with Crippen LogP contribution >= 0.6 is 35.3 Å². The van der Waals surface area contributed by atoms with Crippen molar-refractivity contribution in [3.05, 3.63) is 64.1 Å². The Bertz CT molecular complexity index is 922. The van der Waals surface area contributed by atoms with Gasteiger partial charge in [-0.1, -0.05) is 6.92 Å². The summed E-state index contributed by atoms with van der Waals surface area (Å²) in [6.07, 6.45) is 6.50. The van der Waals surface area contributed by atoms with Gasteiger partial charge in [0, 0.05) is 49.7 Å². The molecule has 2 aromatic heterocycles. The molecule has 162 valence electrons. The van der Waals surface area contributed by atoms with Gasteiger partial charge in [-0.15, -0.1) is 35.3 Å². The van der Waals surface area contributed by atoms with Crippen molar-refractivity contribution in [2.24, 2.45) is 4.99 Å². The molecule has 0 aliphatic carbocycles. The molecule has 9 heteroatoms. The predicted octanol–water partition coefficient (Wildman–Crippen LogP) is 3.99. The number of aryl methyl sites for hydroxylation is 1. The molecule has 0 saturated carbocycles. The van der Waals surface area contributed by atoms with Gasteiger partial charge in [-0.05, 0) is 43.7 Å². The van der Waals surface area contributed by atoms with Crippen LogP contribution in [0.2, 0.25) is 0 Å². The van der Waals surface area contributed by atoms with Crippen LogP contribution in [-0.4, -0.2) is 40.4 Å². The van der Waals surface area contributed by atoms with E-state index in [0.717, 1.165) is 54.7 Å². The molecule has 3 aromatic rings. The summed E-state index contributed by atoms with van der Waals surface area (Å²) in [6, 6.07) is 8.28. The summed E-state index contributed by atoms with van der Waals surface area (Å²) >= 11 is 1.76. The molecule has 2 heterocycles.